The number of alkyl halides is 3. The van der Waals surface area contributed by atoms with Crippen LogP contribution in [0.5, 0.6) is 0 Å². The molecule has 0 saturated carbocycles. The normalized spacial score (nSPS) is 10.9. The monoisotopic (exact) mass is 297 g/mol. The number of hydrogen-bond donors (Lipinski definition) is 0. The second-order valence-corrected chi connectivity index (χ2v) is 4.29. The average molecular weight is 298 g/mol. The van der Waals surface area contributed by atoms with Gasteiger partial charge < -0.3 is 4.90 Å². The van der Waals surface area contributed by atoms with Gasteiger partial charge in [0.25, 0.3) is 12.3 Å². The number of amides is 1. The van der Waals surface area contributed by atoms with Crippen molar-refractivity contribution in [2.24, 2.45) is 0 Å². The van der Waals surface area contributed by atoms with Gasteiger partial charge in [-0.15, -0.1) is 11.6 Å². The lowest BCUT2D eigenvalue weighted by Gasteiger charge is -2.21. The van der Waals surface area contributed by atoms with Crippen LogP contribution >= 0.6 is 11.6 Å². The molecule has 0 atom stereocenters. The predicted octanol–water partition coefficient (Wildman–Crippen LogP) is 3.22. The maximum atomic E-state index is 13.5. The minimum absolute atomic E-state index is 0.0553. The molecule has 0 spiro atoms. The number of hydrogen-bond acceptors (Lipinski definition) is 1. The van der Waals surface area contributed by atoms with E-state index in [1.54, 1.807) is 0 Å². The van der Waals surface area contributed by atoms with Gasteiger partial charge in [-0.1, -0.05) is 0 Å². The van der Waals surface area contributed by atoms with Crippen LogP contribution in [-0.2, 0) is 0 Å². The van der Waals surface area contributed by atoms with Crippen LogP contribution in [0.2, 0.25) is 0 Å². The fourth-order valence-corrected chi connectivity index (χ4v) is 1.74. The van der Waals surface area contributed by atoms with E-state index in [-0.39, 0.29) is 18.0 Å². The number of carbonyl (C=O) groups is 1. The molecule has 19 heavy (non-hydrogen) atoms. The third-order valence-electron chi connectivity index (χ3n) is 2.48. The highest BCUT2D eigenvalue weighted by atomic mass is 35.5. The second kappa shape index (κ2) is 6.75. The molecule has 1 aromatic carbocycles. The highest BCUT2D eigenvalue weighted by molar-refractivity contribution is 6.18. The first-order valence-corrected chi connectivity index (χ1v) is 5.99. The Labute approximate surface area is 113 Å². The lowest BCUT2D eigenvalue weighted by molar-refractivity contribution is 0.0567. The molecule has 0 aliphatic carbocycles. The van der Waals surface area contributed by atoms with Crippen LogP contribution in [0.3, 0.4) is 0 Å². The van der Waals surface area contributed by atoms with Gasteiger partial charge in [0.2, 0.25) is 0 Å². The van der Waals surface area contributed by atoms with E-state index in [4.69, 9.17) is 11.6 Å². The molecular formula is C12H12ClF4NO. The molecule has 1 rings (SSSR count). The summed E-state index contributed by atoms with van der Waals surface area (Å²) in [7, 11) is 0. The summed E-state index contributed by atoms with van der Waals surface area (Å²) in [6.45, 7) is 0.368. The number of carbonyl (C=O) groups excluding carboxylic acids is 1. The summed E-state index contributed by atoms with van der Waals surface area (Å²) in [5, 5.41) is 0. The minimum atomic E-state index is -2.75. The van der Waals surface area contributed by atoms with E-state index in [9.17, 15) is 22.4 Å². The van der Waals surface area contributed by atoms with Crippen molar-refractivity contribution in [3.8, 4) is 0 Å². The largest absolute Gasteiger partial charge is 0.332 e. The fraction of sp³-hybridized carbons (Fsp3) is 0.417. The van der Waals surface area contributed by atoms with Crippen molar-refractivity contribution < 1.29 is 22.4 Å². The van der Waals surface area contributed by atoms with Crippen molar-refractivity contribution in [1.82, 2.24) is 4.90 Å². The van der Waals surface area contributed by atoms with E-state index < -0.39 is 36.1 Å². The quantitative estimate of drug-likeness (QED) is 0.603. The van der Waals surface area contributed by atoms with E-state index in [0.717, 1.165) is 11.0 Å². The van der Waals surface area contributed by atoms with Crippen LogP contribution in [0.1, 0.15) is 15.9 Å². The maximum absolute atomic E-state index is 13.5. The zero-order valence-electron chi connectivity index (χ0n) is 10.1. The Morgan fingerprint density at radius 1 is 1.32 bits per heavy atom. The van der Waals surface area contributed by atoms with Crippen molar-refractivity contribution in [3.05, 3.63) is 34.9 Å². The summed E-state index contributed by atoms with van der Waals surface area (Å²) >= 11 is 5.42. The molecule has 0 saturated heterocycles. The van der Waals surface area contributed by atoms with Gasteiger partial charge in [-0.05, 0) is 18.6 Å². The molecule has 1 aromatic rings. The molecule has 7 heteroatoms. The number of benzene rings is 1. The number of rotatable bonds is 5. The Hall–Kier alpha value is -1.30. The first-order chi connectivity index (χ1) is 8.86. The smallest absolute Gasteiger partial charge is 0.257 e. The van der Waals surface area contributed by atoms with E-state index in [2.05, 4.69) is 0 Å². The highest BCUT2D eigenvalue weighted by Crippen LogP contribution is 2.17. The van der Waals surface area contributed by atoms with E-state index in [1.165, 1.54) is 6.92 Å². The van der Waals surface area contributed by atoms with Crippen molar-refractivity contribution >= 4 is 17.5 Å². The molecule has 2 nitrogen and oxygen atoms in total. The van der Waals surface area contributed by atoms with Gasteiger partial charge in [0.05, 0.1) is 12.1 Å². The molecule has 1 amide bonds. The van der Waals surface area contributed by atoms with E-state index in [0.29, 0.717) is 6.07 Å². The number of aryl methyl sites for hydroxylation is 1. The Balaban J connectivity index is 3.05. The van der Waals surface area contributed by atoms with E-state index in [1.807, 2.05) is 0 Å². The number of nitrogens with zero attached hydrogens (tertiary/aromatic N) is 1. The second-order valence-electron chi connectivity index (χ2n) is 3.91. The van der Waals surface area contributed by atoms with Crippen molar-refractivity contribution in [1.29, 1.82) is 0 Å². The van der Waals surface area contributed by atoms with Crippen LogP contribution in [0.4, 0.5) is 17.6 Å². The minimum Gasteiger partial charge on any atom is -0.332 e. The van der Waals surface area contributed by atoms with Crippen LogP contribution < -0.4 is 0 Å². The molecular weight excluding hydrogens is 286 g/mol. The van der Waals surface area contributed by atoms with Crippen LogP contribution in [-0.4, -0.2) is 36.2 Å². The molecule has 0 aliphatic rings. The summed E-state index contributed by atoms with van der Waals surface area (Å²) in [6.07, 6.45) is -2.75. The summed E-state index contributed by atoms with van der Waals surface area (Å²) in [4.78, 5) is 12.7. The molecule has 106 valence electrons. The molecule has 0 fully saturated rings. The standard InChI is InChI=1S/C12H12ClF4NO/c1-7-4-8(10(15)5-9(7)14)12(19)18(3-2-13)6-11(16)17/h4-5,11H,2-3,6H2,1H3. The van der Waals surface area contributed by atoms with Crippen LogP contribution in [0, 0.1) is 18.6 Å². The lowest BCUT2D eigenvalue weighted by atomic mass is 10.1. The van der Waals surface area contributed by atoms with Gasteiger partial charge >= 0.3 is 0 Å². The van der Waals surface area contributed by atoms with Gasteiger partial charge in [0.15, 0.2) is 0 Å². The third kappa shape index (κ3) is 4.09. The van der Waals surface area contributed by atoms with Gasteiger partial charge in [-0.3, -0.25) is 4.79 Å². The molecule has 0 N–H and O–H groups in total. The molecule has 0 radical (unpaired) electrons. The Morgan fingerprint density at radius 3 is 2.47 bits per heavy atom. The summed E-state index contributed by atoms with van der Waals surface area (Å²) < 4.78 is 51.3. The molecule has 0 heterocycles. The Kier molecular flexibility index (Phi) is 5.60. The van der Waals surface area contributed by atoms with Crippen molar-refractivity contribution in [2.45, 2.75) is 13.3 Å². The summed E-state index contributed by atoms with van der Waals surface area (Å²) in [5.74, 6) is -2.87. The summed E-state index contributed by atoms with van der Waals surface area (Å²) in [5.41, 5.74) is -0.378. The topological polar surface area (TPSA) is 20.3 Å². The molecule has 0 aromatic heterocycles. The van der Waals surface area contributed by atoms with Crippen molar-refractivity contribution in [3.63, 3.8) is 0 Å². The predicted molar refractivity (Wildman–Crippen MR) is 63.7 cm³/mol. The van der Waals surface area contributed by atoms with Gasteiger partial charge in [0.1, 0.15) is 11.6 Å². The maximum Gasteiger partial charge on any atom is 0.257 e. The van der Waals surface area contributed by atoms with Gasteiger partial charge in [-0.25, -0.2) is 17.6 Å². The molecule has 0 bridgehead atoms. The SMILES string of the molecule is Cc1cc(C(=O)N(CCCl)CC(F)F)c(F)cc1F. The lowest BCUT2D eigenvalue weighted by Crippen LogP contribution is -2.37. The van der Waals surface area contributed by atoms with Crippen LogP contribution in [0.25, 0.3) is 0 Å². The zero-order valence-corrected chi connectivity index (χ0v) is 10.9. The van der Waals surface area contributed by atoms with E-state index >= 15 is 0 Å². The van der Waals surface area contributed by atoms with Crippen LogP contribution in [0.15, 0.2) is 12.1 Å². The van der Waals surface area contributed by atoms with Gasteiger partial charge in [-0.2, -0.15) is 0 Å². The van der Waals surface area contributed by atoms with Gasteiger partial charge in [0, 0.05) is 18.5 Å². The first kappa shape index (κ1) is 15.8. The molecule has 0 unspecified atom stereocenters. The average Bonchev–Trinajstić information content (AvgIpc) is 2.32. The fourth-order valence-electron chi connectivity index (χ4n) is 1.54. The summed E-state index contributed by atoms with van der Waals surface area (Å²) in [6, 6.07) is 1.56. The first-order valence-electron chi connectivity index (χ1n) is 5.45. The highest BCUT2D eigenvalue weighted by Gasteiger charge is 2.23. The number of halogens is 5. The van der Waals surface area contributed by atoms with Crippen molar-refractivity contribution in [2.75, 3.05) is 19.0 Å². The molecule has 0 aliphatic heterocycles. The zero-order chi connectivity index (χ0) is 14.6. The third-order valence-corrected chi connectivity index (χ3v) is 2.65. The Bertz CT molecular complexity index is 467. The Morgan fingerprint density at radius 2 is 1.95 bits per heavy atom.